The fourth-order valence-electron chi connectivity index (χ4n) is 1.61. The van der Waals surface area contributed by atoms with Crippen molar-refractivity contribution in [3.63, 3.8) is 0 Å². The van der Waals surface area contributed by atoms with E-state index in [1.54, 1.807) is 0 Å². The molecular weight excluding hydrogens is 172 g/mol. The zero-order valence-corrected chi connectivity index (χ0v) is 8.39. The summed E-state index contributed by atoms with van der Waals surface area (Å²) in [4.78, 5) is 0. The molecule has 0 spiro atoms. The Kier molecular flexibility index (Phi) is 4.40. The third kappa shape index (κ3) is 2.96. The predicted molar refractivity (Wildman–Crippen MR) is 52.4 cm³/mol. The van der Waals surface area contributed by atoms with Crippen molar-refractivity contribution in [3.05, 3.63) is 0 Å². The number of aliphatic hydroxyl groups excluding tert-OH is 2. The molecule has 1 aliphatic rings. The lowest BCUT2D eigenvalue weighted by Gasteiger charge is -2.18. The Hall–Kier alpha value is 0.270. The van der Waals surface area contributed by atoms with E-state index in [9.17, 15) is 5.11 Å². The van der Waals surface area contributed by atoms with E-state index in [4.69, 9.17) is 5.11 Å². The normalized spacial score (nSPS) is 32.2. The minimum atomic E-state index is -0.101. The largest absolute Gasteiger partial charge is 0.396 e. The topological polar surface area (TPSA) is 40.5 Å². The summed E-state index contributed by atoms with van der Waals surface area (Å²) in [5.74, 6) is 0. The van der Waals surface area contributed by atoms with Gasteiger partial charge in [-0.15, -0.1) is 0 Å². The van der Waals surface area contributed by atoms with Crippen LogP contribution in [0.3, 0.4) is 0 Å². The first-order valence-corrected chi connectivity index (χ1v) is 5.62. The van der Waals surface area contributed by atoms with Gasteiger partial charge in [0.1, 0.15) is 0 Å². The van der Waals surface area contributed by atoms with Crippen molar-refractivity contribution in [1.29, 1.82) is 0 Å². The highest BCUT2D eigenvalue weighted by Gasteiger charge is 2.26. The maximum Gasteiger partial charge on any atom is 0.0658 e. The van der Waals surface area contributed by atoms with E-state index in [0.29, 0.717) is 10.5 Å². The van der Waals surface area contributed by atoms with Gasteiger partial charge in [0, 0.05) is 17.1 Å². The summed E-state index contributed by atoms with van der Waals surface area (Å²) in [5.41, 5.74) is 0. The number of rotatable bonds is 4. The van der Waals surface area contributed by atoms with Gasteiger partial charge in [0.25, 0.3) is 0 Å². The maximum absolute atomic E-state index is 9.52. The summed E-state index contributed by atoms with van der Waals surface area (Å²) in [6.45, 7) is 2.38. The van der Waals surface area contributed by atoms with Gasteiger partial charge in [0.15, 0.2) is 0 Å². The average Bonchev–Trinajstić information content (AvgIpc) is 2.37. The van der Waals surface area contributed by atoms with Gasteiger partial charge in [0.05, 0.1) is 6.10 Å². The lowest BCUT2D eigenvalue weighted by atomic mass is 10.3. The Morgan fingerprint density at radius 1 is 1.50 bits per heavy atom. The molecule has 0 aromatic carbocycles. The Morgan fingerprint density at radius 2 is 2.25 bits per heavy atom. The van der Waals surface area contributed by atoms with Crippen LogP contribution in [0.2, 0.25) is 0 Å². The van der Waals surface area contributed by atoms with Crippen LogP contribution in [0.1, 0.15) is 32.6 Å². The van der Waals surface area contributed by atoms with Crippen LogP contribution in [0.25, 0.3) is 0 Å². The Labute approximate surface area is 78.4 Å². The third-order valence-corrected chi connectivity index (χ3v) is 3.96. The molecule has 0 heterocycles. The van der Waals surface area contributed by atoms with Gasteiger partial charge in [-0.1, -0.05) is 6.92 Å². The molecule has 3 atom stereocenters. The third-order valence-electron chi connectivity index (χ3n) is 2.36. The molecule has 1 fully saturated rings. The van der Waals surface area contributed by atoms with Crippen LogP contribution in [-0.4, -0.2) is 33.4 Å². The lowest BCUT2D eigenvalue weighted by molar-refractivity contribution is 0.187. The van der Waals surface area contributed by atoms with Gasteiger partial charge < -0.3 is 10.2 Å². The molecular formula is C9H18O2S. The lowest BCUT2D eigenvalue weighted by Crippen LogP contribution is -2.18. The molecule has 2 nitrogen and oxygen atoms in total. The fraction of sp³-hybridized carbons (Fsp3) is 1.00. The first-order valence-electron chi connectivity index (χ1n) is 4.68. The molecule has 1 rings (SSSR count). The van der Waals surface area contributed by atoms with Crippen LogP contribution in [0, 0.1) is 0 Å². The molecule has 72 valence electrons. The summed E-state index contributed by atoms with van der Waals surface area (Å²) in [5, 5.41) is 19.1. The molecule has 3 unspecified atom stereocenters. The van der Waals surface area contributed by atoms with E-state index >= 15 is 0 Å². The maximum atomic E-state index is 9.52. The quantitative estimate of drug-likeness (QED) is 0.704. The van der Waals surface area contributed by atoms with Crippen molar-refractivity contribution in [1.82, 2.24) is 0 Å². The monoisotopic (exact) mass is 190 g/mol. The first kappa shape index (κ1) is 10.4. The van der Waals surface area contributed by atoms with Crippen LogP contribution >= 0.6 is 11.8 Å². The highest BCUT2D eigenvalue weighted by atomic mass is 32.2. The molecule has 1 saturated carbocycles. The summed E-state index contributed by atoms with van der Waals surface area (Å²) < 4.78 is 0. The second-order valence-electron chi connectivity index (χ2n) is 3.50. The molecule has 0 aromatic heterocycles. The number of aliphatic hydroxyl groups is 2. The van der Waals surface area contributed by atoms with Gasteiger partial charge in [-0.3, -0.25) is 0 Å². The zero-order valence-electron chi connectivity index (χ0n) is 7.57. The Morgan fingerprint density at radius 3 is 2.75 bits per heavy atom. The van der Waals surface area contributed by atoms with E-state index in [0.717, 1.165) is 25.7 Å². The highest BCUT2D eigenvalue weighted by molar-refractivity contribution is 8.00. The van der Waals surface area contributed by atoms with Gasteiger partial charge in [0.2, 0.25) is 0 Å². The van der Waals surface area contributed by atoms with Crippen molar-refractivity contribution >= 4 is 11.8 Å². The predicted octanol–water partition coefficient (Wildman–Crippen LogP) is 1.40. The van der Waals surface area contributed by atoms with Crippen molar-refractivity contribution in [3.8, 4) is 0 Å². The van der Waals surface area contributed by atoms with Crippen LogP contribution in [0.5, 0.6) is 0 Å². The molecule has 12 heavy (non-hydrogen) atoms. The van der Waals surface area contributed by atoms with Gasteiger partial charge in [-0.2, -0.15) is 11.8 Å². The van der Waals surface area contributed by atoms with Crippen LogP contribution in [-0.2, 0) is 0 Å². The number of thioether (sulfide) groups is 1. The van der Waals surface area contributed by atoms with E-state index < -0.39 is 0 Å². The van der Waals surface area contributed by atoms with Crippen molar-refractivity contribution in [2.75, 3.05) is 6.61 Å². The van der Waals surface area contributed by atoms with Gasteiger partial charge >= 0.3 is 0 Å². The SMILES string of the molecule is CC(CCO)SC1CCCC1O. The molecule has 0 aliphatic heterocycles. The van der Waals surface area contributed by atoms with Gasteiger partial charge in [-0.05, 0) is 25.7 Å². The van der Waals surface area contributed by atoms with E-state index in [2.05, 4.69) is 6.92 Å². The smallest absolute Gasteiger partial charge is 0.0658 e. The van der Waals surface area contributed by atoms with Crippen molar-refractivity contribution < 1.29 is 10.2 Å². The Balaban J connectivity index is 2.20. The summed E-state index contributed by atoms with van der Waals surface area (Å²) >= 11 is 1.83. The molecule has 0 amide bonds. The summed E-state index contributed by atoms with van der Waals surface area (Å²) in [6.07, 6.45) is 4.00. The first-order chi connectivity index (χ1) is 5.74. The average molecular weight is 190 g/mol. The van der Waals surface area contributed by atoms with Crippen molar-refractivity contribution in [2.24, 2.45) is 0 Å². The molecule has 2 N–H and O–H groups in total. The zero-order chi connectivity index (χ0) is 8.97. The van der Waals surface area contributed by atoms with E-state index in [-0.39, 0.29) is 12.7 Å². The van der Waals surface area contributed by atoms with Crippen LogP contribution in [0.4, 0.5) is 0 Å². The molecule has 0 saturated heterocycles. The minimum Gasteiger partial charge on any atom is -0.396 e. The molecule has 1 aliphatic carbocycles. The second-order valence-corrected chi connectivity index (χ2v) is 5.18. The van der Waals surface area contributed by atoms with E-state index in [1.807, 2.05) is 11.8 Å². The fourth-order valence-corrected chi connectivity index (χ4v) is 3.07. The van der Waals surface area contributed by atoms with Crippen LogP contribution in [0.15, 0.2) is 0 Å². The molecule has 0 bridgehead atoms. The van der Waals surface area contributed by atoms with Gasteiger partial charge in [-0.25, -0.2) is 0 Å². The highest BCUT2D eigenvalue weighted by Crippen LogP contribution is 2.33. The minimum absolute atomic E-state index is 0.101. The van der Waals surface area contributed by atoms with E-state index in [1.165, 1.54) is 0 Å². The van der Waals surface area contributed by atoms with Crippen molar-refractivity contribution in [2.45, 2.75) is 49.2 Å². The molecule has 0 aromatic rings. The summed E-state index contributed by atoms with van der Waals surface area (Å²) in [6, 6.07) is 0. The Bertz CT molecular complexity index is 130. The standard InChI is InChI=1S/C9H18O2S/c1-7(5-6-10)12-9-4-2-3-8(9)11/h7-11H,2-6H2,1H3. The van der Waals surface area contributed by atoms with Crippen LogP contribution < -0.4 is 0 Å². The number of hydrogen-bond acceptors (Lipinski definition) is 3. The molecule has 0 radical (unpaired) electrons. The summed E-state index contributed by atoms with van der Waals surface area (Å²) in [7, 11) is 0. The number of hydrogen-bond donors (Lipinski definition) is 2. The second kappa shape index (κ2) is 5.10. The molecule has 3 heteroatoms.